The van der Waals surface area contributed by atoms with Gasteiger partial charge in [0.15, 0.2) is 0 Å². The van der Waals surface area contributed by atoms with Crippen LogP contribution in [0.15, 0.2) is 42.5 Å². The molecule has 8 nitrogen and oxygen atoms in total. The van der Waals surface area contributed by atoms with Gasteiger partial charge in [-0.1, -0.05) is 17.7 Å². The van der Waals surface area contributed by atoms with Crippen molar-refractivity contribution in [2.45, 2.75) is 13.5 Å². The lowest BCUT2D eigenvalue weighted by atomic mass is 10.2. The van der Waals surface area contributed by atoms with Crippen molar-refractivity contribution in [3.05, 3.63) is 59.1 Å². The third-order valence-electron chi connectivity index (χ3n) is 4.13. The molecule has 0 saturated heterocycles. The normalized spacial score (nSPS) is 10.7. The minimum atomic E-state index is -0.903. The van der Waals surface area contributed by atoms with E-state index in [9.17, 15) is 18.4 Å². The Hall–Kier alpha value is -3.40. The number of hydrogen-bond donors (Lipinski definition) is 1. The van der Waals surface area contributed by atoms with Crippen LogP contribution in [0.3, 0.4) is 0 Å². The summed E-state index contributed by atoms with van der Waals surface area (Å²) in [7, 11) is 0. The summed E-state index contributed by atoms with van der Waals surface area (Å²) in [5.74, 6) is -2.68. The van der Waals surface area contributed by atoms with Crippen molar-refractivity contribution in [2.24, 2.45) is 0 Å². The number of benzene rings is 2. The van der Waals surface area contributed by atoms with Gasteiger partial charge in [0.25, 0.3) is 0 Å². The minimum Gasteiger partial charge on any atom is -0.332 e. The van der Waals surface area contributed by atoms with Gasteiger partial charge >= 0.3 is 0 Å². The molecule has 11 heteroatoms. The van der Waals surface area contributed by atoms with Gasteiger partial charge in [-0.25, -0.2) is 8.78 Å². The van der Waals surface area contributed by atoms with E-state index in [1.807, 2.05) is 0 Å². The first-order valence-electron chi connectivity index (χ1n) is 8.92. The Bertz CT molecular complexity index is 1040. The summed E-state index contributed by atoms with van der Waals surface area (Å²) in [5.41, 5.74) is 0.119. The highest BCUT2D eigenvalue weighted by molar-refractivity contribution is 6.30. The van der Waals surface area contributed by atoms with Gasteiger partial charge in [0, 0.05) is 17.1 Å². The second-order valence-corrected chi connectivity index (χ2v) is 6.64. The number of hydrogen-bond acceptors (Lipinski definition) is 5. The van der Waals surface area contributed by atoms with Gasteiger partial charge in [0.05, 0.1) is 6.54 Å². The fraction of sp³-hybridized carbons (Fsp3) is 0.211. The Kier molecular flexibility index (Phi) is 6.68. The monoisotopic (exact) mass is 434 g/mol. The van der Waals surface area contributed by atoms with Crippen molar-refractivity contribution in [3.8, 4) is 11.4 Å². The van der Waals surface area contributed by atoms with E-state index in [1.165, 1.54) is 11.0 Å². The van der Waals surface area contributed by atoms with E-state index in [2.05, 4.69) is 20.7 Å². The third kappa shape index (κ3) is 5.15. The summed E-state index contributed by atoms with van der Waals surface area (Å²) >= 11 is 5.85. The van der Waals surface area contributed by atoms with Crippen molar-refractivity contribution in [1.29, 1.82) is 0 Å². The maximum atomic E-state index is 13.7. The molecule has 2 amide bonds. The van der Waals surface area contributed by atoms with Gasteiger partial charge in [-0.3, -0.25) is 9.59 Å². The Labute approximate surface area is 175 Å². The third-order valence-corrected chi connectivity index (χ3v) is 4.38. The predicted molar refractivity (Wildman–Crippen MR) is 106 cm³/mol. The Morgan fingerprint density at radius 1 is 1.13 bits per heavy atom. The standard InChI is InChI=1S/C19H17ClF2N6O2/c1-2-27(10-16(29)23-18-14(21)4-3-5-15(18)22)17(30)11-28-25-19(24-26-28)12-6-8-13(20)9-7-12/h3-9H,2,10-11H2,1H3,(H,23,29). The summed E-state index contributed by atoms with van der Waals surface area (Å²) in [6.45, 7) is 1.23. The largest absolute Gasteiger partial charge is 0.332 e. The fourth-order valence-electron chi connectivity index (χ4n) is 2.59. The summed E-state index contributed by atoms with van der Waals surface area (Å²) in [4.78, 5) is 27.0. The van der Waals surface area contributed by atoms with Crippen molar-refractivity contribution in [3.63, 3.8) is 0 Å². The summed E-state index contributed by atoms with van der Waals surface area (Å²) in [5, 5.41) is 14.6. The summed E-state index contributed by atoms with van der Waals surface area (Å²) in [6, 6.07) is 10.0. The van der Waals surface area contributed by atoms with Crippen LogP contribution in [-0.4, -0.2) is 50.0 Å². The highest BCUT2D eigenvalue weighted by Gasteiger charge is 2.19. The number of aromatic nitrogens is 4. The molecule has 1 N–H and O–H groups in total. The smallest absolute Gasteiger partial charge is 0.246 e. The molecule has 1 aromatic heterocycles. The predicted octanol–water partition coefficient (Wildman–Crippen LogP) is 2.76. The Morgan fingerprint density at radius 3 is 2.43 bits per heavy atom. The van der Waals surface area contributed by atoms with E-state index in [-0.39, 0.29) is 19.6 Å². The average molecular weight is 435 g/mol. The fourth-order valence-corrected chi connectivity index (χ4v) is 2.72. The van der Waals surface area contributed by atoms with E-state index in [4.69, 9.17) is 11.6 Å². The topological polar surface area (TPSA) is 93.0 Å². The van der Waals surface area contributed by atoms with Gasteiger partial charge in [0.1, 0.15) is 23.9 Å². The van der Waals surface area contributed by atoms with Crippen LogP contribution < -0.4 is 5.32 Å². The van der Waals surface area contributed by atoms with Crippen molar-refractivity contribution in [1.82, 2.24) is 25.1 Å². The van der Waals surface area contributed by atoms with Crippen LogP contribution in [0.5, 0.6) is 0 Å². The molecule has 0 spiro atoms. The molecule has 0 unspecified atom stereocenters. The minimum absolute atomic E-state index is 0.199. The summed E-state index contributed by atoms with van der Waals surface area (Å²) < 4.78 is 27.3. The van der Waals surface area contributed by atoms with Crippen molar-refractivity contribution < 1.29 is 18.4 Å². The Morgan fingerprint density at radius 2 is 1.80 bits per heavy atom. The van der Waals surface area contributed by atoms with Crippen molar-refractivity contribution in [2.75, 3.05) is 18.4 Å². The van der Waals surface area contributed by atoms with Gasteiger partial charge in [-0.05, 0) is 48.5 Å². The average Bonchev–Trinajstić information content (AvgIpc) is 3.18. The number of carbonyl (C=O) groups excluding carboxylic acids is 2. The molecule has 3 rings (SSSR count). The zero-order chi connectivity index (χ0) is 21.7. The lowest BCUT2D eigenvalue weighted by molar-refractivity contribution is -0.135. The molecule has 3 aromatic rings. The molecule has 0 bridgehead atoms. The van der Waals surface area contributed by atoms with E-state index >= 15 is 0 Å². The van der Waals surface area contributed by atoms with Crippen LogP contribution in [0.2, 0.25) is 5.02 Å². The van der Waals surface area contributed by atoms with Crippen LogP contribution in [0, 0.1) is 11.6 Å². The van der Waals surface area contributed by atoms with Crippen LogP contribution in [0.4, 0.5) is 14.5 Å². The zero-order valence-corrected chi connectivity index (χ0v) is 16.6. The number of para-hydroxylation sites is 1. The number of likely N-dealkylation sites (N-methyl/N-ethyl adjacent to an activating group) is 1. The second-order valence-electron chi connectivity index (χ2n) is 6.20. The maximum Gasteiger partial charge on any atom is 0.246 e. The summed E-state index contributed by atoms with van der Waals surface area (Å²) in [6.07, 6.45) is 0. The molecule has 156 valence electrons. The van der Waals surface area contributed by atoms with Gasteiger partial charge < -0.3 is 10.2 Å². The molecule has 30 heavy (non-hydrogen) atoms. The molecule has 0 radical (unpaired) electrons. The van der Waals surface area contributed by atoms with E-state index in [0.29, 0.717) is 16.4 Å². The molecule has 0 fully saturated rings. The van der Waals surface area contributed by atoms with Crippen LogP contribution in [-0.2, 0) is 16.1 Å². The molecule has 0 atom stereocenters. The number of rotatable bonds is 7. The number of amides is 2. The second kappa shape index (κ2) is 9.40. The van der Waals surface area contributed by atoms with Gasteiger partial charge in [0.2, 0.25) is 17.6 Å². The first-order valence-corrected chi connectivity index (χ1v) is 9.30. The first-order chi connectivity index (χ1) is 14.4. The Balaban J connectivity index is 1.62. The lowest BCUT2D eigenvalue weighted by Crippen LogP contribution is -2.40. The van der Waals surface area contributed by atoms with E-state index in [1.54, 1.807) is 31.2 Å². The highest BCUT2D eigenvalue weighted by atomic mass is 35.5. The molecule has 0 aliphatic rings. The number of tetrazole rings is 1. The van der Waals surface area contributed by atoms with Gasteiger partial charge in [-0.2, -0.15) is 4.80 Å². The number of nitrogens with one attached hydrogen (secondary N) is 1. The number of halogens is 3. The SMILES string of the molecule is CCN(CC(=O)Nc1c(F)cccc1F)C(=O)Cn1nnc(-c2ccc(Cl)cc2)n1. The molecule has 0 aliphatic heterocycles. The molecule has 2 aromatic carbocycles. The molecular weight excluding hydrogens is 418 g/mol. The van der Waals surface area contributed by atoms with Crippen LogP contribution >= 0.6 is 11.6 Å². The number of carbonyl (C=O) groups is 2. The number of nitrogens with zero attached hydrogens (tertiary/aromatic N) is 5. The van der Waals surface area contributed by atoms with Crippen LogP contribution in [0.25, 0.3) is 11.4 Å². The highest BCUT2D eigenvalue weighted by Crippen LogP contribution is 2.18. The quantitative estimate of drug-likeness (QED) is 0.617. The number of anilines is 1. The van der Waals surface area contributed by atoms with E-state index < -0.39 is 29.1 Å². The van der Waals surface area contributed by atoms with E-state index in [0.717, 1.165) is 16.9 Å². The lowest BCUT2D eigenvalue weighted by Gasteiger charge is -2.20. The zero-order valence-electron chi connectivity index (χ0n) is 15.8. The molecule has 1 heterocycles. The first kappa shape index (κ1) is 21.3. The van der Waals surface area contributed by atoms with Crippen LogP contribution in [0.1, 0.15) is 6.92 Å². The maximum absolute atomic E-state index is 13.7. The van der Waals surface area contributed by atoms with Crippen molar-refractivity contribution >= 4 is 29.1 Å². The molecule has 0 aliphatic carbocycles. The molecule has 0 saturated carbocycles. The van der Waals surface area contributed by atoms with Gasteiger partial charge in [-0.15, -0.1) is 10.2 Å². The molecular formula is C19H17ClF2N6O2.